The van der Waals surface area contributed by atoms with E-state index in [4.69, 9.17) is 0 Å². The molecule has 0 saturated heterocycles. The van der Waals surface area contributed by atoms with Gasteiger partial charge in [0.2, 0.25) is 10.0 Å². The maximum atomic E-state index is 13.2. The van der Waals surface area contributed by atoms with E-state index < -0.39 is 21.1 Å². The van der Waals surface area contributed by atoms with Crippen molar-refractivity contribution in [3.05, 3.63) is 11.9 Å². The molecule has 0 spiro atoms. The second-order valence-electron chi connectivity index (χ2n) is 4.97. The number of nitrogens with zero attached hydrogens (tertiary/aromatic N) is 1. The van der Waals surface area contributed by atoms with Gasteiger partial charge in [-0.25, -0.2) is 12.8 Å². The summed E-state index contributed by atoms with van der Waals surface area (Å²) in [6.07, 6.45) is 3.04. The molecular weight excluding hydrogens is 273 g/mol. The number of hydrogen-bond acceptors (Lipinski definition) is 4. The topological polar surface area (TPSA) is 63.7 Å². The number of esters is 1. The van der Waals surface area contributed by atoms with E-state index in [2.05, 4.69) is 4.74 Å². The Kier molecular flexibility index (Phi) is 4.25. The third-order valence-corrected chi connectivity index (χ3v) is 6.07. The van der Waals surface area contributed by atoms with Crippen LogP contribution in [0, 0.1) is 5.92 Å². The highest BCUT2D eigenvalue weighted by Crippen LogP contribution is 2.33. The molecule has 1 fully saturated rings. The highest BCUT2D eigenvalue weighted by Gasteiger charge is 2.41. The van der Waals surface area contributed by atoms with Crippen molar-refractivity contribution >= 4 is 16.0 Å². The Balaban J connectivity index is 2.05. The van der Waals surface area contributed by atoms with Gasteiger partial charge in [0.15, 0.2) is 0 Å². The molecule has 0 unspecified atom stereocenters. The SMILES string of the molecule is COC(=O)[C@@H]1CC[C@H](S(=O)(=O)N2CCC=C(F)C2)C1. The molecule has 0 radical (unpaired) electrons. The minimum Gasteiger partial charge on any atom is -0.469 e. The van der Waals surface area contributed by atoms with Crippen LogP contribution in [-0.2, 0) is 19.6 Å². The molecule has 108 valence electrons. The molecule has 1 aliphatic carbocycles. The van der Waals surface area contributed by atoms with Crippen molar-refractivity contribution in [2.24, 2.45) is 5.92 Å². The summed E-state index contributed by atoms with van der Waals surface area (Å²) >= 11 is 0. The molecule has 2 aliphatic rings. The summed E-state index contributed by atoms with van der Waals surface area (Å²) in [6.45, 7) is 0.136. The lowest BCUT2D eigenvalue weighted by Crippen LogP contribution is -2.40. The molecule has 0 aromatic heterocycles. The molecule has 0 aromatic carbocycles. The summed E-state index contributed by atoms with van der Waals surface area (Å²) in [7, 11) is -2.22. The predicted molar refractivity (Wildman–Crippen MR) is 67.4 cm³/mol. The first-order chi connectivity index (χ1) is 8.95. The van der Waals surface area contributed by atoms with Crippen LogP contribution in [0.1, 0.15) is 25.7 Å². The molecule has 7 heteroatoms. The summed E-state index contributed by atoms with van der Waals surface area (Å²) < 4.78 is 43.8. The van der Waals surface area contributed by atoms with E-state index in [1.807, 2.05) is 0 Å². The third-order valence-electron chi connectivity index (χ3n) is 3.77. The quantitative estimate of drug-likeness (QED) is 0.733. The summed E-state index contributed by atoms with van der Waals surface area (Å²) in [5.41, 5.74) is 0. The zero-order valence-corrected chi connectivity index (χ0v) is 11.7. The van der Waals surface area contributed by atoms with Crippen molar-refractivity contribution in [2.75, 3.05) is 20.2 Å². The summed E-state index contributed by atoms with van der Waals surface area (Å²) in [5, 5.41) is -0.595. The normalized spacial score (nSPS) is 29.1. The monoisotopic (exact) mass is 291 g/mol. The molecule has 0 amide bonds. The van der Waals surface area contributed by atoms with Crippen LogP contribution in [0.5, 0.6) is 0 Å². The van der Waals surface area contributed by atoms with Crippen molar-refractivity contribution in [3.63, 3.8) is 0 Å². The Bertz CT molecular complexity index is 488. The lowest BCUT2D eigenvalue weighted by molar-refractivity contribution is -0.145. The van der Waals surface area contributed by atoms with Crippen molar-refractivity contribution in [1.29, 1.82) is 0 Å². The van der Waals surface area contributed by atoms with Crippen LogP contribution in [-0.4, -0.2) is 44.1 Å². The van der Waals surface area contributed by atoms with E-state index in [9.17, 15) is 17.6 Å². The van der Waals surface area contributed by atoms with Crippen molar-refractivity contribution in [1.82, 2.24) is 4.31 Å². The van der Waals surface area contributed by atoms with Crippen LogP contribution in [0.3, 0.4) is 0 Å². The molecule has 0 bridgehead atoms. The van der Waals surface area contributed by atoms with Crippen molar-refractivity contribution < 1.29 is 22.3 Å². The van der Waals surface area contributed by atoms with Gasteiger partial charge in [0, 0.05) is 6.54 Å². The van der Waals surface area contributed by atoms with E-state index in [1.54, 1.807) is 0 Å². The number of methoxy groups -OCH3 is 1. The van der Waals surface area contributed by atoms with Crippen molar-refractivity contribution in [3.8, 4) is 0 Å². The third kappa shape index (κ3) is 2.97. The van der Waals surface area contributed by atoms with Gasteiger partial charge in [-0.1, -0.05) is 6.08 Å². The molecule has 5 nitrogen and oxygen atoms in total. The Hall–Kier alpha value is -0.950. The zero-order valence-electron chi connectivity index (χ0n) is 10.8. The number of hydrogen-bond donors (Lipinski definition) is 0. The Morgan fingerprint density at radius 3 is 2.84 bits per heavy atom. The number of halogens is 1. The fourth-order valence-electron chi connectivity index (χ4n) is 2.70. The second kappa shape index (κ2) is 5.58. The van der Waals surface area contributed by atoms with E-state index >= 15 is 0 Å². The zero-order chi connectivity index (χ0) is 14.0. The standard InChI is InChI=1S/C12H18FNO4S/c1-18-12(15)9-4-5-11(7-9)19(16,17)14-6-2-3-10(13)8-14/h3,9,11H,2,4-8H2,1H3/t9-,11+/m1/s1. The van der Waals surface area contributed by atoms with Gasteiger partial charge in [-0.2, -0.15) is 4.31 Å². The first-order valence-corrected chi connectivity index (χ1v) is 7.86. The predicted octanol–water partition coefficient (Wildman–Crippen LogP) is 1.22. The highest BCUT2D eigenvalue weighted by atomic mass is 32.2. The first-order valence-electron chi connectivity index (χ1n) is 6.36. The van der Waals surface area contributed by atoms with Gasteiger partial charge < -0.3 is 4.74 Å². The molecule has 2 atom stereocenters. The molecule has 0 aromatic rings. The van der Waals surface area contributed by atoms with Gasteiger partial charge >= 0.3 is 5.97 Å². The fourth-order valence-corrected chi connectivity index (χ4v) is 4.69. The van der Waals surface area contributed by atoms with Crippen LogP contribution >= 0.6 is 0 Å². The molecule has 0 N–H and O–H groups in total. The fraction of sp³-hybridized carbons (Fsp3) is 0.750. The molecule has 2 rings (SSSR count). The molecule has 1 aliphatic heterocycles. The smallest absolute Gasteiger partial charge is 0.308 e. The lowest BCUT2D eigenvalue weighted by atomic mass is 10.1. The van der Waals surface area contributed by atoms with Gasteiger partial charge in [0.1, 0.15) is 5.83 Å². The summed E-state index contributed by atoms with van der Waals surface area (Å²) in [4.78, 5) is 11.4. The van der Waals surface area contributed by atoms with E-state index in [0.717, 1.165) is 0 Å². The van der Waals surface area contributed by atoms with Crippen molar-refractivity contribution in [2.45, 2.75) is 30.9 Å². The van der Waals surface area contributed by atoms with Crippen LogP contribution in [0.15, 0.2) is 11.9 Å². The lowest BCUT2D eigenvalue weighted by Gasteiger charge is -2.27. The van der Waals surface area contributed by atoms with Gasteiger partial charge in [0.25, 0.3) is 0 Å². The number of rotatable bonds is 3. The van der Waals surface area contributed by atoms with Crippen LogP contribution < -0.4 is 0 Å². The second-order valence-corrected chi connectivity index (χ2v) is 7.19. The van der Waals surface area contributed by atoms with Gasteiger partial charge in [-0.15, -0.1) is 0 Å². The van der Waals surface area contributed by atoms with Crippen LogP contribution in [0.25, 0.3) is 0 Å². The largest absolute Gasteiger partial charge is 0.469 e. The van der Waals surface area contributed by atoms with E-state index in [1.165, 1.54) is 17.5 Å². The van der Waals surface area contributed by atoms with Gasteiger partial charge in [-0.3, -0.25) is 4.79 Å². The highest BCUT2D eigenvalue weighted by molar-refractivity contribution is 7.89. The maximum Gasteiger partial charge on any atom is 0.308 e. The molecule has 1 saturated carbocycles. The number of sulfonamides is 1. The number of carbonyl (C=O) groups excluding carboxylic acids is 1. The minimum absolute atomic E-state index is 0.179. The van der Waals surface area contributed by atoms with Crippen LogP contribution in [0.4, 0.5) is 4.39 Å². The Labute approximate surface area is 112 Å². The molecular formula is C12H18FNO4S. The Morgan fingerprint density at radius 1 is 1.47 bits per heavy atom. The average Bonchev–Trinajstić information content (AvgIpc) is 2.88. The Morgan fingerprint density at radius 2 is 2.21 bits per heavy atom. The maximum absolute atomic E-state index is 13.2. The average molecular weight is 291 g/mol. The van der Waals surface area contributed by atoms with E-state index in [0.29, 0.717) is 25.8 Å². The summed E-state index contributed by atoms with van der Waals surface area (Å²) in [5.74, 6) is -1.12. The summed E-state index contributed by atoms with van der Waals surface area (Å²) in [6, 6.07) is 0. The van der Waals surface area contributed by atoms with Crippen LogP contribution in [0.2, 0.25) is 0 Å². The van der Waals surface area contributed by atoms with Gasteiger partial charge in [0.05, 0.1) is 24.8 Å². The minimum atomic E-state index is -3.52. The molecule has 19 heavy (non-hydrogen) atoms. The van der Waals surface area contributed by atoms with E-state index in [-0.39, 0.29) is 24.9 Å². The number of carbonyl (C=O) groups is 1. The molecule has 1 heterocycles. The number of ether oxygens (including phenoxy) is 1. The van der Waals surface area contributed by atoms with Gasteiger partial charge in [-0.05, 0) is 25.7 Å². The first kappa shape index (κ1) is 14.5.